The third-order valence-corrected chi connectivity index (χ3v) is 6.31. The third-order valence-electron chi connectivity index (χ3n) is 6.31. The van der Waals surface area contributed by atoms with Gasteiger partial charge < -0.3 is 15.5 Å². The number of rotatable bonds is 7. The van der Waals surface area contributed by atoms with E-state index in [1.807, 2.05) is 0 Å². The molecule has 3 rings (SSSR count). The van der Waals surface area contributed by atoms with Gasteiger partial charge in [-0.1, -0.05) is 36.8 Å². The van der Waals surface area contributed by atoms with Gasteiger partial charge in [0.25, 0.3) is 0 Å². The van der Waals surface area contributed by atoms with Crippen LogP contribution >= 0.6 is 0 Å². The molecule has 1 aromatic rings. The minimum atomic E-state index is 0.243. The minimum Gasteiger partial charge on any atom is -0.357 e. The van der Waals surface area contributed by atoms with Crippen molar-refractivity contribution in [3.63, 3.8) is 0 Å². The van der Waals surface area contributed by atoms with E-state index in [1.54, 1.807) is 0 Å². The number of hydrogen-bond donors (Lipinski definition) is 2. The highest BCUT2D eigenvalue weighted by atomic mass is 15.3. The predicted octanol–water partition coefficient (Wildman–Crippen LogP) is 2.30. The van der Waals surface area contributed by atoms with Crippen LogP contribution in [0.1, 0.15) is 38.7 Å². The number of benzene rings is 1. The standard InChI is InChI=1S/C22H37N5/c1-4-23-21(24-17-19(2)27-15-13-26(3)14-16-27)25-18-22(11-8-12-22)20-9-6-5-7-10-20/h5-7,9-10,19H,4,8,11-18H2,1-3H3,(H2,23,24,25). The van der Waals surface area contributed by atoms with Crippen molar-refractivity contribution in [1.29, 1.82) is 0 Å². The summed E-state index contributed by atoms with van der Waals surface area (Å²) < 4.78 is 0. The van der Waals surface area contributed by atoms with Crippen molar-refractivity contribution < 1.29 is 0 Å². The molecule has 0 aromatic heterocycles. The summed E-state index contributed by atoms with van der Waals surface area (Å²) in [6, 6.07) is 11.5. The molecule has 2 fully saturated rings. The van der Waals surface area contributed by atoms with E-state index in [2.05, 4.69) is 71.7 Å². The van der Waals surface area contributed by atoms with Crippen molar-refractivity contribution >= 4 is 5.96 Å². The molecular weight excluding hydrogens is 334 g/mol. The van der Waals surface area contributed by atoms with Gasteiger partial charge in [-0.15, -0.1) is 0 Å². The Hall–Kier alpha value is -1.59. The first-order chi connectivity index (χ1) is 13.1. The lowest BCUT2D eigenvalue weighted by molar-refractivity contribution is 0.120. The summed E-state index contributed by atoms with van der Waals surface area (Å²) in [5, 5.41) is 7.02. The minimum absolute atomic E-state index is 0.243. The van der Waals surface area contributed by atoms with Crippen LogP contribution in [0.4, 0.5) is 0 Å². The van der Waals surface area contributed by atoms with Crippen LogP contribution < -0.4 is 10.6 Å². The maximum absolute atomic E-state index is 4.98. The van der Waals surface area contributed by atoms with Crippen molar-refractivity contribution in [1.82, 2.24) is 20.4 Å². The number of nitrogens with one attached hydrogen (secondary N) is 2. The molecule has 0 bridgehead atoms. The number of likely N-dealkylation sites (N-methyl/N-ethyl adjacent to an activating group) is 1. The number of guanidine groups is 1. The first kappa shape index (κ1) is 20.2. The second-order valence-corrected chi connectivity index (χ2v) is 8.26. The molecule has 0 amide bonds. The second-order valence-electron chi connectivity index (χ2n) is 8.26. The molecule has 5 nitrogen and oxygen atoms in total. The van der Waals surface area contributed by atoms with Gasteiger partial charge in [0.1, 0.15) is 0 Å². The van der Waals surface area contributed by atoms with E-state index in [1.165, 1.54) is 24.8 Å². The van der Waals surface area contributed by atoms with Gasteiger partial charge in [-0.2, -0.15) is 0 Å². The van der Waals surface area contributed by atoms with E-state index >= 15 is 0 Å². The van der Waals surface area contributed by atoms with Gasteiger partial charge in [-0.25, -0.2) is 0 Å². The topological polar surface area (TPSA) is 42.9 Å². The Kier molecular flexibility index (Phi) is 7.13. The van der Waals surface area contributed by atoms with Gasteiger partial charge in [0.2, 0.25) is 0 Å². The zero-order valence-corrected chi connectivity index (χ0v) is 17.4. The van der Waals surface area contributed by atoms with Crippen LogP contribution in [0.5, 0.6) is 0 Å². The fourth-order valence-corrected chi connectivity index (χ4v) is 4.14. The predicted molar refractivity (Wildman–Crippen MR) is 114 cm³/mol. The van der Waals surface area contributed by atoms with Crippen LogP contribution in [0, 0.1) is 0 Å². The second kappa shape index (κ2) is 9.56. The average Bonchev–Trinajstić information content (AvgIpc) is 2.66. The first-order valence-electron chi connectivity index (χ1n) is 10.6. The molecule has 1 saturated heterocycles. The Balaban J connectivity index is 1.56. The van der Waals surface area contributed by atoms with E-state index < -0.39 is 0 Å². The van der Waals surface area contributed by atoms with Crippen LogP contribution in [0.25, 0.3) is 0 Å². The van der Waals surface area contributed by atoms with Gasteiger partial charge in [0.15, 0.2) is 5.96 Å². The van der Waals surface area contributed by atoms with Gasteiger partial charge in [0.05, 0.1) is 6.54 Å². The zero-order chi connectivity index (χ0) is 19.1. The highest BCUT2D eigenvalue weighted by molar-refractivity contribution is 5.79. The van der Waals surface area contributed by atoms with Crippen molar-refractivity contribution in [2.24, 2.45) is 4.99 Å². The van der Waals surface area contributed by atoms with Crippen molar-refractivity contribution in [3.05, 3.63) is 35.9 Å². The van der Waals surface area contributed by atoms with E-state index in [-0.39, 0.29) is 5.41 Å². The number of piperazine rings is 1. The molecule has 1 aromatic carbocycles. The average molecular weight is 372 g/mol. The maximum Gasteiger partial charge on any atom is 0.191 e. The number of nitrogens with zero attached hydrogens (tertiary/aromatic N) is 3. The molecule has 5 heteroatoms. The molecule has 27 heavy (non-hydrogen) atoms. The molecule has 1 aliphatic heterocycles. The molecule has 1 heterocycles. The number of aliphatic imine (C=N–C) groups is 1. The molecule has 2 aliphatic rings. The highest BCUT2D eigenvalue weighted by Crippen LogP contribution is 2.43. The normalized spacial score (nSPS) is 22.1. The zero-order valence-electron chi connectivity index (χ0n) is 17.4. The van der Waals surface area contributed by atoms with E-state index in [0.29, 0.717) is 6.04 Å². The summed E-state index contributed by atoms with van der Waals surface area (Å²) in [5.74, 6) is 0.959. The molecule has 0 radical (unpaired) electrons. The molecule has 1 unspecified atom stereocenters. The fraction of sp³-hybridized carbons (Fsp3) is 0.682. The summed E-state index contributed by atoms with van der Waals surface area (Å²) in [5.41, 5.74) is 1.69. The van der Waals surface area contributed by atoms with Crippen LogP contribution in [0.3, 0.4) is 0 Å². The van der Waals surface area contributed by atoms with Crippen LogP contribution in [0.2, 0.25) is 0 Å². The highest BCUT2D eigenvalue weighted by Gasteiger charge is 2.38. The van der Waals surface area contributed by atoms with Crippen molar-refractivity contribution in [3.8, 4) is 0 Å². The lowest BCUT2D eigenvalue weighted by Crippen LogP contribution is -2.52. The van der Waals surface area contributed by atoms with Gasteiger partial charge in [-0.05, 0) is 39.3 Å². The molecular formula is C22H37N5. The lowest BCUT2D eigenvalue weighted by Gasteiger charge is -2.41. The Morgan fingerprint density at radius 3 is 2.41 bits per heavy atom. The maximum atomic E-state index is 4.98. The molecule has 1 saturated carbocycles. The smallest absolute Gasteiger partial charge is 0.191 e. The molecule has 150 valence electrons. The van der Waals surface area contributed by atoms with Crippen molar-refractivity contribution in [2.45, 2.75) is 44.6 Å². The summed E-state index contributed by atoms with van der Waals surface area (Å²) in [6.07, 6.45) is 3.81. The van der Waals surface area contributed by atoms with Crippen LogP contribution in [-0.4, -0.2) is 74.7 Å². The first-order valence-corrected chi connectivity index (χ1v) is 10.6. The fourth-order valence-electron chi connectivity index (χ4n) is 4.14. The van der Waals surface area contributed by atoms with Crippen molar-refractivity contribution in [2.75, 3.05) is 52.9 Å². The van der Waals surface area contributed by atoms with E-state index in [4.69, 9.17) is 4.99 Å². The molecule has 1 atom stereocenters. The molecule has 2 N–H and O–H groups in total. The summed E-state index contributed by atoms with van der Waals surface area (Å²) >= 11 is 0. The summed E-state index contributed by atoms with van der Waals surface area (Å²) in [6.45, 7) is 11.8. The Morgan fingerprint density at radius 1 is 1.11 bits per heavy atom. The largest absolute Gasteiger partial charge is 0.357 e. The van der Waals surface area contributed by atoms with Gasteiger partial charge in [0, 0.05) is 50.7 Å². The quantitative estimate of drug-likeness (QED) is 0.570. The third kappa shape index (κ3) is 5.23. The van der Waals surface area contributed by atoms with Gasteiger partial charge >= 0.3 is 0 Å². The summed E-state index contributed by atoms with van der Waals surface area (Å²) in [7, 11) is 2.21. The number of hydrogen-bond acceptors (Lipinski definition) is 3. The Bertz CT molecular complexity index is 588. The van der Waals surface area contributed by atoms with Gasteiger partial charge in [-0.3, -0.25) is 9.89 Å². The Labute approximate surface area is 165 Å². The van der Waals surface area contributed by atoms with E-state index in [0.717, 1.165) is 51.8 Å². The van der Waals surface area contributed by atoms with E-state index in [9.17, 15) is 0 Å². The SMILES string of the molecule is CCNC(=NCC1(c2ccccc2)CCC1)NCC(C)N1CCN(C)CC1. The monoisotopic (exact) mass is 371 g/mol. The van der Waals surface area contributed by atoms with Crippen LogP contribution in [0.15, 0.2) is 35.3 Å². The molecule has 0 spiro atoms. The van der Waals surface area contributed by atoms with Crippen LogP contribution in [-0.2, 0) is 5.41 Å². The lowest BCUT2D eigenvalue weighted by atomic mass is 9.64. The molecule has 1 aliphatic carbocycles. The Morgan fingerprint density at radius 2 is 1.81 bits per heavy atom. The summed E-state index contributed by atoms with van der Waals surface area (Å²) in [4.78, 5) is 9.96.